The summed E-state index contributed by atoms with van der Waals surface area (Å²) in [7, 11) is 1.59. The number of hydrogen-bond donors (Lipinski definition) is 2. The van der Waals surface area contributed by atoms with Crippen LogP contribution in [0.2, 0.25) is 0 Å². The first kappa shape index (κ1) is 20.2. The van der Waals surface area contributed by atoms with Crippen LogP contribution in [0, 0.1) is 5.92 Å². The summed E-state index contributed by atoms with van der Waals surface area (Å²) in [6.45, 7) is 5.22. The van der Waals surface area contributed by atoms with Crippen LogP contribution in [0.4, 0.5) is 0 Å². The Morgan fingerprint density at radius 2 is 1.92 bits per heavy atom. The molecular weight excluding hydrogens is 332 g/mol. The fourth-order valence-corrected chi connectivity index (χ4v) is 3.17. The van der Waals surface area contributed by atoms with Crippen LogP contribution in [0.15, 0.2) is 24.3 Å². The van der Waals surface area contributed by atoms with Crippen LogP contribution in [-0.4, -0.2) is 44.2 Å². The molecule has 1 aromatic carbocycles. The van der Waals surface area contributed by atoms with E-state index in [4.69, 9.17) is 9.47 Å². The van der Waals surface area contributed by atoms with Crippen molar-refractivity contribution in [3.63, 3.8) is 0 Å². The number of rotatable bonds is 9. The Morgan fingerprint density at radius 3 is 2.58 bits per heavy atom. The SMILES string of the molecule is COc1ccc(C(=O)N[C@@H]2CCC[C@@H]2C(=O)NCCCOC(C)C)cc1. The zero-order valence-corrected chi connectivity index (χ0v) is 15.9. The van der Waals surface area contributed by atoms with Crippen molar-refractivity contribution in [1.29, 1.82) is 0 Å². The van der Waals surface area contributed by atoms with Gasteiger partial charge in [0.25, 0.3) is 5.91 Å². The standard InChI is InChI=1S/C20H30N2O4/c1-14(2)26-13-5-12-21-20(24)17-6-4-7-18(17)22-19(23)15-8-10-16(25-3)11-9-15/h8-11,14,17-18H,4-7,12-13H2,1-3H3,(H,21,24)(H,22,23)/t17-,18+/m0/s1. The van der Waals surface area contributed by atoms with E-state index in [0.29, 0.717) is 24.5 Å². The van der Waals surface area contributed by atoms with Crippen molar-refractivity contribution in [3.05, 3.63) is 29.8 Å². The van der Waals surface area contributed by atoms with E-state index in [9.17, 15) is 9.59 Å². The summed E-state index contributed by atoms with van der Waals surface area (Å²) in [5.41, 5.74) is 0.572. The lowest BCUT2D eigenvalue weighted by Gasteiger charge is -2.20. The molecule has 1 aliphatic carbocycles. The third-order valence-corrected chi connectivity index (χ3v) is 4.59. The molecule has 0 unspecified atom stereocenters. The Kier molecular flexibility index (Phi) is 7.91. The first-order valence-corrected chi connectivity index (χ1v) is 9.35. The van der Waals surface area contributed by atoms with Crippen molar-refractivity contribution in [1.82, 2.24) is 10.6 Å². The number of carbonyl (C=O) groups excluding carboxylic acids is 2. The van der Waals surface area contributed by atoms with E-state index in [-0.39, 0.29) is 29.9 Å². The third kappa shape index (κ3) is 6.02. The van der Waals surface area contributed by atoms with E-state index in [0.717, 1.165) is 25.7 Å². The molecule has 0 heterocycles. The maximum atomic E-state index is 12.4. The van der Waals surface area contributed by atoms with Gasteiger partial charge in [0, 0.05) is 24.8 Å². The second-order valence-electron chi connectivity index (χ2n) is 6.91. The van der Waals surface area contributed by atoms with Crippen molar-refractivity contribution in [2.75, 3.05) is 20.3 Å². The number of hydrogen-bond acceptors (Lipinski definition) is 4. The summed E-state index contributed by atoms with van der Waals surface area (Å²) in [5.74, 6) is 0.416. The van der Waals surface area contributed by atoms with Gasteiger partial charge < -0.3 is 20.1 Å². The summed E-state index contributed by atoms with van der Waals surface area (Å²) in [6, 6.07) is 6.86. The number of amides is 2. The molecule has 2 amide bonds. The average molecular weight is 362 g/mol. The largest absolute Gasteiger partial charge is 0.497 e. The molecule has 0 spiro atoms. The minimum Gasteiger partial charge on any atom is -0.497 e. The Hall–Kier alpha value is -2.08. The molecule has 1 aliphatic rings. The van der Waals surface area contributed by atoms with Gasteiger partial charge in [0.05, 0.1) is 19.1 Å². The lowest BCUT2D eigenvalue weighted by Crippen LogP contribution is -2.44. The lowest BCUT2D eigenvalue weighted by atomic mass is 10.0. The van der Waals surface area contributed by atoms with E-state index in [1.807, 2.05) is 13.8 Å². The lowest BCUT2D eigenvalue weighted by molar-refractivity contribution is -0.125. The summed E-state index contributed by atoms with van der Waals surface area (Å²) < 4.78 is 10.6. The molecule has 2 N–H and O–H groups in total. The molecule has 0 saturated heterocycles. The molecule has 144 valence electrons. The van der Waals surface area contributed by atoms with Gasteiger partial charge in [0.1, 0.15) is 5.75 Å². The Labute approximate surface area is 155 Å². The number of ether oxygens (including phenoxy) is 2. The molecular formula is C20H30N2O4. The molecule has 1 saturated carbocycles. The van der Waals surface area contributed by atoms with Gasteiger partial charge in [-0.2, -0.15) is 0 Å². The first-order chi connectivity index (χ1) is 12.5. The van der Waals surface area contributed by atoms with Crippen molar-refractivity contribution >= 4 is 11.8 Å². The van der Waals surface area contributed by atoms with Crippen LogP contribution >= 0.6 is 0 Å². The topological polar surface area (TPSA) is 76.7 Å². The molecule has 0 aromatic heterocycles. The van der Waals surface area contributed by atoms with Gasteiger partial charge in [0.15, 0.2) is 0 Å². The highest BCUT2D eigenvalue weighted by Crippen LogP contribution is 2.26. The fourth-order valence-electron chi connectivity index (χ4n) is 3.17. The van der Waals surface area contributed by atoms with Crippen LogP contribution in [0.25, 0.3) is 0 Å². The molecule has 2 atom stereocenters. The van der Waals surface area contributed by atoms with Crippen LogP contribution < -0.4 is 15.4 Å². The molecule has 2 rings (SSSR count). The molecule has 1 aromatic rings. The monoisotopic (exact) mass is 362 g/mol. The smallest absolute Gasteiger partial charge is 0.251 e. The summed E-state index contributed by atoms with van der Waals surface area (Å²) >= 11 is 0. The van der Waals surface area contributed by atoms with E-state index in [1.165, 1.54) is 0 Å². The number of carbonyl (C=O) groups is 2. The predicted octanol–water partition coefficient (Wildman–Crippen LogP) is 2.53. The number of nitrogens with one attached hydrogen (secondary N) is 2. The van der Waals surface area contributed by atoms with Crippen molar-refractivity contribution < 1.29 is 19.1 Å². The van der Waals surface area contributed by atoms with Gasteiger partial charge in [-0.05, 0) is 57.4 Å². The second-order valence-corrected chi connectivity index (χ2v) is 6.91. The van der Waals surface area contributed by atoms with Gasteiger partial charge in [-0.15, -0.1) is 0 Å². The summed E-state index contributed by atoms with van der Waals surface area (Å²) in [6.07, 6.45) is 3.58. The minimum absolute atomic E-state index is 0.0204. The van der Waals surface area contributed by atoms with Crippen LogP contribution in [0.1, 0.15) is 49.9 Å². The Morgan fingerprint density at radius 1 is 1.19 bits per heavy atom. The van der Waals surface area contributed by atoms with Crippen molar-refractivity contribution in [2.45, 2.75) is 51.7 Å². The van der Waals surface area contributed by atoms with Crippen LogP contribution in [-0.2, 0) is 9.53 Å². The van der Waals surface area contributed by atoms with Gasteiger partial charge in [-0.1, -0.05) is 6.42 Å². The second kappa shape index (κ2) is 10.2. The Bertz CT molecular complexity index is 586. The van der Waals surface area contributed by atoms with Crippen LogP contribution in [0.5, 0.6) is 5.75 Å². The van der Waals surface area contributed by atoms with Crippen molar-refractivity contribution in [3.8, 4) is 5.75 Å². The minimum atomic E-state index is -0.164. The third-order valence-electron chi connectivity index (χ3n) is 4.59. The fraction of sp³-hybridized carbons (Fsp3) is 0.600. The van der Waals surface area contributed by atoms with Crippen molar-refractivity contribution in [2.24, 2.45) is 5.92 Å². The van der Waals surface area contributed by atoms with E-state index >= 15 is 0 Å². The molecule has 0 radical (unpaired) electrons. The quantitative estimate of drug-likeness (QED) is 0.662. The van der Waals surface area contributed by atoms with Gasteiger partial charge in [-0.3, -0.25) is 9.59 Å². The highest BCUT2D eigenvalue weighted by atomic mass is 16.5. The molecule has 6 heteroatoms. The maximum Gasteiger partial charge on any atom is 0.251 e. The van der Waals surface area contributed by atoms with Gasteiger partial charge in [0.2, 0.25) is 5.91 Å². The highest BCUT2D eigenvalue weighted by molar-refractivity contribution is 5.95. The highest BCUT2D eigenvalue weighted by Gasteiger charge is 2.33. The summed E-state index contributed by atoms with van der Waals surface area (Å²) in [5, 5.41) is 5.98. The number of benzene rings is 1. The van der Waals surface area contributed by atoms with E-state index in [1.54, 1.807) is 31.4 Å². The maximum absolute atomic E-state index is 12.4. The first-order valence-electron chi connectivity index (χ1n) is 9.35. The zero-order chi connectivity index (χ0) is 18.9. The van der Waals surface area contributed by atoms with Crippen LogP contribution in [0.3, 0.4) is 0 Å². The summed E-state index contributed by atoms with van der Waals surface area (Å²) in [4.78, 5) is 24.9. The van der Waals surface area contributed by atoms with Gasteiger partial charge >= 0.3 is 0 Å². The molecule has 6 nitrogen and oxygen atoms in total. The average Bonchev–Trinajstić information content (AvgIpc) is 3.09. The molecule has 26 heavy (non-hydrogen) atoms. The predicted molar refractivity (Wildman–Crippen MR) is 100 cm³/mol. The normalized spacial score (nSPS) is 19.4. The van der Waals surface area contributed by atoms with E-state index in [2.05, 4.69) is 10.6 Å². The molecule has 0 bridgehead atoms. The Balaban J connectivity index is 1.80. The molecule has 1 fully saturated rings. The number of methoxy groups -OCH3 is 1. The zero-order valence-electron chi connectivity index (χ0n) is 15.9. The molecule has 0 aliphatic heterocycles. The van der Waals surface area contributed by atoms with E-state index < -0.39 is 0 Å². The van der Waals surface area contributed by atoms with Gasteiger partial charge in [-0.25, -0.2) is 0 Å².